The number of nitrogens with zero attached hydrogens (tertiary/aromatic N) is 2. The van der Waals surface area contributed by atoms with Gasteiger partial charge < -0.3 is 10.1 Å². The van der Waals surface area contributed by atoms with Crippen LogP contribution in [-0.2, 0) is 4.79 Å². The molecule has 0 atom stereocenters. The molecule has 0 spiro atoms. The van der Waals surface area contributed by atoms with Gasteiger partial charge in [0.15, 0.2) is 6.61 Å². The van der Waals surface area contributed by atoms with Gasteiger partial charge >= 0.3 is 0 Å². The summed E-state index contributed by atoms with van der Waals surface area (Å²) in [5.41, 5.74) is 4.90. The van der Waals surface area contributed by atoms with E-state index < -0.39 is 0 Å². The summed E-state index contributed by atoms with van der Waals surface area (Å²) >= 11 is 0. The number of fused-ring (bicyclic) bond motifs is 1. The van der Waals surface area contributed by atoms with Crippen LogP contribution in [0.5, 0.6) is 5.75 Å². The molecular weight excluding hydrogens is 402 g/mol. The van der Waals surface area contributed by atoms with Crippen molar-refractivity contribution in [3.8, 4) is 11.4 Å². The second-order valence-corrected chi connectivity index (χ2v) is 7.85. The summed E-state index contributed by atoms with van der Waals surface area (Å²) in [6.07, 6.45) is 0. The van der Waals surface area contributed by atoms with Gasteiger partial charge in [0.2, 0.25) is 0 Å². The quantitative estimate of drug-likeness (QED) is 0.504. The minimum Gasteiger partial charge on any atom is -0.483 e. The van der Waals surface area contributed by atoms with Crippen LogP contribution in [0.3, 0.4) is 0 Å². The molecule has 0 saturated carbocycles. The van der Waals surface area contributed by atoms with Gasteiger partial charge in [-0.25, -0.2) is 4.98 Å². The summed E-state index contributed by atoms with van der Waals surface area (Å²) in [5.74, 6) is 1.06. The summed E-state index contributed by atoms with van der Waals surface area (Å²) in [6.45, 7) is 7.59. The molecule has 6 heteroatoms. The lowest BCUT2D eigenvalue weighted by atomic mass is 10.1. The molecule has 0 aliphatic carbocycles. The van der Waals surface area contributed by atoms with Gasteiger partial charge in [-0.3, -0.25) is 14.2 Å². The Morgan fingerprint density at radius 3 is 2.53 bits per heavy atom. The fourth-order valence-electron chi connectivity index (χ4n) is 3.69. The Bertz CT molecular complexity index is 1390. The van der Waals surface area contributed by atoms with E-state index in [9.17, 15) is 9.59 Å². The second kappa shape index (κ2) is 8.67. The average Bonchev–Trinajstić information content (AvgIpc) is 2.76. The van der Waals surface area contributed by atoms with Crippen molar-refractivity contribution >= 4 is 22.5 Å². The van der Waals surface area contributed by atoms with Crippen molar-refractivity contribution in [2.45, 2.75) is 27.7 Å². The molecule has 0 unspecified atom stereocenters. The lowest BCUT2D eigenvalue weighted by molar-refractivity contribution is -0.118. The van der Waals surface area contributed by atoms with E-state index in [0.29, 0.717) is 33.9 Å². The minimum atomic E-state index is -0.248. The molecule has 1 aromatic heterocycles. The molecule has 4 aromatic rings. The fraction of sp³-hybridized carbons (Fsp3) is 0.192. The van der Waals surface area contributed by atoms with E-state index >= 15 is 0 Å². The zero-order valence-electron chi connectivity index (χ0n) is 18.6. The van der Waals surface area contributed by atoms with Crippen LogP contribution in [0.25, 0.3) is 16.6 Å². The first kappa shape index (κ1) is 21.3. The lowest BCUT2D eigenvalue weighted by Crippen LogP contribution is -2.23. The summed E-state index contributed by atoms with van der Waals surface area (Å²) in [7, 11) is 0. The predicted molar refractivity (Wildman–Crippen MR) is 127 cm³/mol. The van der Waals surface area contributed by atoms with Crippen molar-refractivity contribution in [2.24, 2.45) is 0 Å². The molecule has 6 nitrogen and oxygen atoms in total. The van der Waals surface area contributed by atoms with E-state index in [4.69, 9.17) is 4.74 Å². The largest absolute Gasteiger partial charge is 0.483 e. The first-order valence-electron chi connectivity index (χ1n) is 10.4. The van der Waals surface area contributed by atoms with Gasteiger partial charge in [-0.15, -0.1) is 0 Å². The van der Waals surface area contributed by atoms with E-state index in [1.165, 1.54) is 0 Å². The Labute approximate surface area is 186 Å². The maximum Gasteiger partial charge on any atom is 0.265 e. The number of hydrogen-bond donors (Lipinski definition) is 1. The molecule has 0 fully saturated rings. The molecule has 32 heavy (non-hydrogen) atoms. The molecule has 3 aromatic carbocycles. The van der Waals surface area contributed by atoms with Crippen LogP contribution in [0.15, 0.2) is 65.5 Å². The van der Waals surface area contributed by atoms with Gasteiger partial charge in [0, 0.05) is 5.69 Å². The number of nitrogens with one attached hydrogen (secondary N) is 1. The second-order valence-electron chi connectivity index (χ2n) is 7.85. The van der Waals surface area contributed by atoms with E-state index in [1.54, 1.807) is 22.8 Å². The zero-order valence-corrected chi connectivity index (χ0v) is 18.6. The number of rotatable bonds is 5. The molecule has 0 saturated heterocycles. The van der Waals surface area contributed by atoms with Crippen molar-refractivity contribution in [3.63, 3.8) is 0 Å². The van der Waals surface area contributed by atoms with Gasteiger partial charge in [-0.1, -0.05) is 24.3 Å². The highest BCUT2D eigenvalue weighted by molar-refractivity contribution is 5.92. The summed E-state index contributed by atoms with van der Waals surface area (Å²) in [4.78, 5) is 30.0. The molecule has 0 bridgehead atoms. The molecule has 0 aliphatic heterocycles. The third-order valence-corrected chi connectivity index (χ3v) is 5.60. The SMILES string of the molecule is Cc1cc(-n2c(C)nc3ccccc3c2=O)ccc1NC(=O)COc1cccc(C)c1C. The number of ether oxygens (including phenoxy) is 1. The van der Waals surface area contributed by atoms with Crippen molar-refractivity contribution in [1.82, 2.24) is 9.55 Å². The zero-order chi connectivity index (χ0) is 22.8. The number of hydrogen-bond acceptors (Lipinski definition) is 4. The van der Waals surface area contributed by atoms with Crippen molar-refractivity contribution in [3.05, 3.63) is 93.5 Å². The topological polar surface area (TPSA) is 73.2 Å². The Morgan fingerprint density at radius 2 is 1.75 bits per heavy atom. The van der Waals surface area contributed by atoms with Crippen LogP contribution in [0, 0.1) is 27.7 Å². The summed E-state index contributed by atoms with van der Waals surface area (Å²) in [6, 6.07) is 18.5. The molecule has 1 amide bonds. The number of amides is 1. The van der Waals surface area contributed by atoms with Gasteiger partial charge in [-0.2, -0.15) is 0 Å². The summed E-state index contributed by atoms with van der Waals surface area (Å²) in [5, 5.41) is 3.45. The lowest BCUT2D eigenvalue weighted by Gasteiger charge is -2.15. The van der Waals surface area contributed by atoms with E-state index in [-0.39, 0.29) is 18.1 Å². The minimum absolute atomic E-state index is 0.0847. The number of anilines is 1. The number of benzene rings is 3. The third kappa shape index (κ3) is 4.12. The maximum atomic E-state index is 13.0. The van der Waals surface area contributed by atoms with Crippen molar-refractivity contribution in [1.29, 1.82) is 0 Å². The number of carbonyl (C=O) groups excluding carboxylic acids is 1. The Hall–Kier alpha value is -3.93. The highest BCUT2D eigenvalue weighted by Crippen LogP contribution is 2.22. The molecular formula is C26H25N3O3. The fourth-order valence-corrected chi connectivity index (χ4v) is 3.69. The predicted octanol–water partition coefficient (Wildman–Crippen LogP) is 4.64. The Kier molecular flexibility index (Phi) is 5.77. The van der Waals surface area contributed by atoms with Crippen molar-refractivity contribution in [2.75, 3.05) is 11.9 Å². The van der Waals surface area contributed by atoms with Gasteiger partial charge in [0.25, 0.3) is 11.5 Å². The molecule has 4 rings (SSSR count). The smallest absolute Gasteiger partial charge is 0.265 e. The Morgan fingerprint density at radius 1 is 0.969 bits per heavy atom. The average molecular weight is 428 g/mol. The Balaban J connectivity index is 1.54. The number of para-hydroxylation sites is 1. The number of aryl methyl sites for hydroxylation is 3. The molecule has 1 heterocycles. The van der Waals surface area contributed by atoms with Gasteiger partial charge in [0.1, 0.15) is 11.6 Å². The highest BCUT2D eigenvalue weighted by atomic mass is 16.5. The number of carbonyl (C=O) groups is 1. The van der Waals surface area contributed by atoms with Gasteiger partial charge in [-0.05, 0) is 80.8 Å². The first-order chi connectivity index (χ1) is 15.3. The normalized spacial score (nSPS) is 10.9. The van der Waals surface area contributed by atoms with Crippen LogP contribution in [-0.4, -0.2) is 22.1 Å². The van der Waals surface area contributed by atoms with Crippen LogP contribution >= 0.6 is 0 Å². The maximum absolute atomic E-state index is 13.0. The molecule has 0 radical (unpaired) electrons. The monoisotopic (exact) mass is 427 g/mol. The summed E-state index contributed by atoms with van der Waals surface area (Å²) < 4.78 is 7.28. The number of aromatic nitrogens is 2. The first-order valence-corrected chi connectivity index (χ1v) is 10.4. The van der Waals surface area contributed by atoms with E-state index in [0.717, 1.165) is 16.7 Å². The van der Waals surface area contributed by atoms with Crippen molar-refractivity contribution < 1.29 is 9.53 Å². The standard InChI is InChI=1S/C26H25N3O3/c1-16-8-7-11-24(18(16)3)32-15-25(30)28-22-13-12-20(14-17(22)2)29-19(4)27-23-10-6-5-9-21(23)26(29)31/h5-14H,15H2,1-4H3,(H,28,30). The van der Waals surface area contributed by atoms with Crippen LogP contribution in [0.2, 0.25) is 0 Å². The van der Waals surface area contributed by atoms with E-state index in [1.807, 2.05) is 70.2 Å². The third-order valence-electron chi connectivity index (χ3n) is 5.60. The van der Waals surface area contributed by atoms with Crippen LogP contribution < -0.4 is 15.6 Å². The molecule has 0 aliphatic rings. The molecule has 162 valence electrons. The molecule has 1 N–H and O–H groups in total. The highest BCUT2D eigenvalue weighted by Gasteiger charge is 2.12. The van der Waals surface area contributed by atoms with Gasteiger partial charge in [0.05, 0.1) is 16.6 Å². The van der Waals surface area contributed by atoms with Crippen LogP contribution in [0.4, 0.5) is 5.69 Å². The van der Waals surface area contributed by atoms with E-state index in [2.05, 4.69) is 10.3 Å². The van der Waals surface area contributed by atoms with Crippen LogP contribution in [0.1, 0.15) is 22.5 Å².